The molecule has 3 aromatic rings. The molecule has 1 unspecified atom stereocenters. The van der Waals surface area contributed by atoms with Crippen LogP contribution in [0.25, 0.3) is 10.9 Å². The lowest BCUT2D eigenvalue weighted by Crippen LogP contribution is -2.14. The van der Waals surface area contributed by atoms with E-state index < -0.39 is 11.6 Å². The van der Waals surface area contributed by atoms with Crippen molar-refractivity contribution in [3.8, 4) is 0 Å². The van der Waals surface area contributed by atoms with E-state index in [0.717, 1.165) is 22.5 Å². The van der Waals surface area contributed by atoms with Gasteiger partial charge in [0.05, 0.1) is 5.52 Å². The summed E-state index contributed by atoms with van der Waals surface area (Å²) in [6.07, 6.45) is 2.06. The van der Waals surface area contributed by atoms with Crippen molar-refractivity contribution in [3.05, 3.63) is 77.5 Å². The van der Waals surface area contributed by atoms with Gasteiger partial charge >= 0.3 is 0 Å². The van der Waals surface area contributed by atoms with Gasteiger partial charge in [-0.2, -0.15) is 0 Å². The van der Waals surface area contributed by atoms with E-state index in [2.05, 4.69) is 4.98 Å². The smallest absolute Gasteiger partial charge is 0.126 e. The van der Waals surface area contributed by atoms with E-state index in [4.69, 9.17) is 5.73 Å². The van der Waals surface area contributed by atoms with Crippen LogP contribution in [0.15, 0.2) is 54.7 Å². The lowest BCUT2D eigenvalue weighted by molar-refractivity contribution is 0.576. The lowest BCUT2D eigenvalue weighted by atomic mass is 9.97. The van der Waals surface area contributed by atoms with E-state index in [0.29, 0.717) is 12.0 Å². The Hall–Kier alpha value is -2.33. The molecular weight excluding hydrogens is 270 g/mol. The predicted octanol–water partition coefficient (Wildman–Crippen LogP) is 3.76. The molecule has 1 heterocycles. The van der Waals surface area contributed by atoms with Crippen molar-refractivity contribution in [1.29, 1.82) is 0 Å². The monoisotopic (exact) mass is 284 g/mol. The fraction of sp³-hybridized carbons (Fsp3) is 0.118. The second-order valence-electron chi connectivity index (χ2n) is 5.01. The summed E-state index contributed by atoms with van der Waals surface area (Å²) in [4.78, 5) is 4.35. The predicted molar refractivity (Wildman–Crippen MR) is 78.7 cm³/mol. The number of fused-ring (bicyclic) bond motifs is 1. The summed E-state index contributed by atoms with van der Waals surface area (Å²) in [5.74, 6) is -1.18. The van der Waals surface area contributed by atoms with Gasteiger partial charge in [0.1, 0.15) is 11.6 Å². The highest BCUT2D eigenvalue weighted by atomic mass is 19.1. The summed E-state index contributed by atoms with van der Waals surface area (Å²) < 4.78 is 26.5. The third kappa shape index (κ3) is 2.90. The minimum absolute atomic E-state index is 0.352. The number of hydrogen-bond acceptors (Lipinski definition) is 2. The molecule has 2 N–H and O–H groups in total. The average molecular weight is 284 g/mol. The van der Waals surface area contributed by atoms with E-state index >= 15 is 0 Å². The zero-order chi connectivity index (χ0) is 14.8. The number of rotatable bonds is 3. The zero-order valence-corrected chi connectivity index (χ0v) is 11.3. The molecule has 0 aliphatic carbocycles. The van der Waals surface area contributed by atoms with Gasteiger partial charge in [-0.05, 0) is 35.7 Å². The quantitative estimate of drug-likeness (QED) is 0.795. The first kappa shape index (κ1) is 13.6. The molecule has 0 saturated heterocycles. The molecule has 0 aliphatic heterocycles. The topological polar surface area (TPSA) is 38.9 Å². The second-order valence-corrected chi connectivity index (χ2v) is 5.01. The van der Waals surface area contributed by atoms with Gasteiger partial charge in [0, 0.05) is 23.7 Å². The van der Waals surface area contributed by atoms with Gasteiger partial charge in [0.2, 0.25) is 0 Å². The van der Waals surface area contributed by atoms with E-state index in [1.165, 1.54) is 12.1 Å². The van der Waals surface area contributed by atoms with Crippen molar-refractivity contribution in [1.82, 2.24) is 4.98 Å². The standard InChI is InChI=1S/C17H14F2N2/c18-13-7-11(8-14(19)10-13)9-16(20)15-5-1-3-12-4-2-6-21-17(12)15/h1-8,10,16H,9,20H2. The van der Waals surface area contributed by atoms with Gasteiger partial charge in [-0.15, -0.1) is 0 Å². The van der Waals surface area contributed by atoms with E-state index in [1.807, 2.05) is 30.3 Å². The van der Waals surface area contributed by atoms with Crippen LogP contribution in [0.3, 0.4) is 0 Å². The maximum atomic E-state index is 13.2. The molecule has 1 atom stereocenters. The second kappa shape index (κ2) is 5.58. The van der Waals surface area contributed by atoms with Gasteiger partial charge in [-0.1, -0.05) is 24.3 Å². The molecule has 106 valence electrons. The maximum absolute atomic E-state index is 13.2. The normalized spacial score (nSPS) is 12.5. The molecule has 4 heteroatoms. The molecule has 2 aromatic carbocycles. The number of halogens is 2. The van der Waals surface area contributed by atoms with Gasteiger partial charge in [-0.25, -0.2) is 8.78 Å². The third-order valence-corrected chi connectivity index (χ3v) is 3.44. The molecular formula is C17H14F2N2. The van der Waals surface area contributed by atoms with Crippen molar-refractivity contribution >= 4 is 10.9 Å². The lowest BCUT2D eigenvalue weighted by Gasteiger charge is -2.14. The van der Waals surface area contributed by atoms with Crippen LogP contribution >= 0.6 is 0 Å². The van der Waals surface area contributed by atoms with Gasteiger partial charge < -0.3 is 5.73 Å². The van der Waals surface area contributed by atoms with Gasteiger partial charge in [0.25, 0.3) is 0 Å². The number of hydrogen-bond donors (Lipinski definition) is 1. The number of benzene rings is 2. The summed E-state index contributed by atoms with van der Waals surface area (Å²) in [5.41, 5.74) is 8.44. The van der Waals surface area contributed by atoms with Crippen LogP contribution in [0.5, 0.6) is 0 Å². The minimum Gasteiger partial charge on any atom is -0.324 e. The van der Waals surface area contributed by atoms with E-state index in [-0.39, 0.29) is 6.04 Å². The molecule has 21 heavy (non-hydrogen) atoms. The first-order chi connectivity index (χ1) is 10.1. The summed E-state index contributed by atoms with van der Waals surface area (Å²) in [7, 11) is 0. The number of nitrogens with two attached hydrogens (primary N) is 1. The summed E-state index contributed by atoms with van der Waals surface area (Å²) in [6.45, 7) is 0. The summed E-state index contributed by atoms with van der Waals surface area (Å²) in [5, 5.41) is 0.996. The number of nitrogens with zero attached hydrogens (tertiary/aromatic N) is 1. The Bertz CT molecular complexity index is 761. The number of para-hydroxylation sites is 1. The van der Waals surface area contributed by atoms with Crippen molar-refractivity contribution < 1.29 is 8.78 Å². The first-order valence-electron chi connectivity index (χ1n) is 6.67. The molecule has 0 fully saturated rings. The summed E-state index contributed by atoms with van der Waals surface area (Å²) in [6, 6.07) is 12.7. The number of aromatic nitrogens is 1. The van der Waals surface area contributed by atoms with E-state index in [1.54, 1.807) is 6.20 Å². The molecule has 0 radical (unpaired) electrons. The fourth-order valence-electron chi connectivity index (χ4n) is 2.52. The highest BCUT2D eigenvalue weighted by Gasteiger charge is 2.12. The average Bonchev–Trinajstić information content (AvgIpc) is 2.45. The third-order valence-electron chi connectivity index (χ3n) is 3.44. The largest absolute Gasteiger partial charge is 0.324 e. The maximum Gasteiger partial charge on any atom is 0.126 e. The summed E-state index contributed by atoms with van der Waals surface area (Å²) >= 11 is 0. The fourth-order valence-corrected chi connectivity index (χ4v) is 2.52. The SMILES string of the molecule is NC(Cc1cc(F)cc(F)c1)c1cccc2cccnc12. The Morgan fingerprint density at radius 3 is 2.48 bits per heavy atom. The van der Waals surface area contributed by atoms with Crippen molar-refractivity contribution in [3.63, 3.8) is 0 Å². The van der Waals surface area contributed by atoms with Gasteiger partial charge in [0.15, 0.2) is 0 Å². The number of pyridine rings is 1. The van der Waals surface area contributed by atoms with Crippen LogP contribution in [0.4, 0.5) is 8.78 Å². The Morgan fingerprint density at radius 1 is 1.00 bits per heavy atom. The molecule has 0 bridgehead atoms. The molecule has 0 spiro atoms. The van der Waals surface area contributed by atoms with Crippen molar-refractivity contribution in [2.45, 2.75) is 12.5 Å². The van der Waals surface area contributed by atoms with Crippen LogP contribution in [-0.2, 0) is 6.42 Å². The highest BCUT2D eigenvalue weighted by molar-refractivity contribution is 5.82. The Labute approximate surface area is 121 Å². The van der Waals surface area contributed by atoms with Crippen LogP contribution in [0.1, 0.15) is 17.2 Å². The Balaban J connectivity index is 1.95. The molecule has 1 aromatic heterocycles. The molecule has 2 nitrogen and oxygen atoms in total. The van der Waals surface area contributed by atoms with Crippen molar-refractivity contribution in [2.75, 3.05) is 0 Å². The van der Waals surface area contributed by atoms with Crippen LogP contribution < -0.4 is 5.73 Å². The van der Waals surface area contributed by atoms with Crippen LogP contribution in [0, 0.1) is 11.6 Å². The van der Waals surface area contributed by atoms with Gasteiger partial charge in [-0.3, -0.25) is 4.98 Å². The van der Waals surface area contributed by atoms with E-state index in [9.17, 15) is 8.78 Å². The highest BCUT2D eigenvalue weighted by Crippen LogP contribution is 2.24. The van der Waals surface area contributed by atoms with Crippen molar-refractivity contribution in [2.24, 2.45) is 5.73 Å². The molecule has 0 saturated carbocycles. The zero-order valence-electron chi connectivity index (χ0n) is 11.3. The minimum atomic E-state index is -0.590. The van der Waals surface area contributed by atoms with Crippen LogP contribution in [0.2, 0.25) is 0 Å². The molecule has 0 aliphatic rings. The first-order valence-corrected chi connectivity index (χ1v) is 6.67. The molecule has 3 rings (SSSR count). The Morgan fingerprint density at radius 2 is 1.71 bits per heavy atom. The van der Waals surface area contributed by atoms with Crippen LogP contribution in [-0.4, -0.2) is 4.98 Å². The Kier molecular flexibility index (Phi) is 3.62. The molecule has 0 amide bonds.